The van der Waals surface area contributed by atoms with Gasteiger partial charge in [0, 0.05) is 5.39 Å². The van der Waals surface area contributed by atoms with E-state index < -0.39 is 17.8 Å². The quantitative estimate of drug-likeness (QED) is 0.369. The van der Waals surface area contributed by atoms with Crippen molar-refractivity contribution in [2.24, 2.45) is 0 Å². The van der Waals surface area contributed by atoms with Gasteiger partial charge in [-0.15, -0.1) is 0 Å². The van der Waals surface area contributed by atoms with Crippen LogP contribution in [0.3, 0.4) is 0 Å². The number of fused-ring (bicyclic) bond motifs is 1. The first-order chi connectivity index (χ1) is 15.7. The summed E-state index contributed by atoms with van der Waals surface area (Å²) in [6.45, 7) is 3.35. The molecular formula is C24H21F3N4O2. The standard InChI is InChI=1S/C24H21F3N4O2/c1-15-22(29-23(32)28-21-12-5-8-17-7-3-4-11-20(17)21)16(2)31(30-15)14-33-19-10-6-9-18(13-19)24(25,26)27/h3-13H,14H2,1-2H3,(H2,28,29,32). The van der Waals surface area contributed by atoms with E-state index in [2.05, 4.69) is 15.7 Å². The number of halogens is 3. The van der Waals surface area contributed by atoms with Gasteiger partial charge >= 0.3 is 12.2 Å². The molecule has 3 aromatic carbocycles. The largest absolute Gasteiger partial charge is 0.471 e. The van der Waals surface area contributed by atoms with Crippen molar-refractivity contribution in [2.75, 3.05) is 10.6 Å². The molecule has 1 aromatic heterocycles. The molecule has 0 aliphatic carbocycles. The second kappa shape index (κ2) is 8.85. The monoisotopic (exact) mass is 454 g/mol. The maximum absolute atomic E-state index is 12.9. The number of aryl methyl sites for hydroxylation is 1. The number of benzene rings is 3. The van der Waals surface area contributed by atoms with Crippen LogP contribution < -0.4 is 15.4 Å². The van der Waals surface area contributed by atoms with Crippen LogP contribution in [0.15, 0.2) is 66.7 Å². The predicted octanol–water partition coefficient (Wildman–Crippen LogP) is 6.35. The van der Waals surface area contributed by atoms with E-state index in [9.17, 15) is 18.0 Å². The van der Waals surface area contributed by atoms with E-state index in [1.807, 2.05) is 42.5 Å². The number of urea groups is 1. The Bertz CT molecular complexity index is 1310. The maximum Gasteiger partial charge on any atom is 0.416 e. The fraction of sp³-hybridized carbons (Fsp3) is 0.167. The van der Waals surface area contributed by atoms with Crippen molar-refractivity contribution in [1.29, 1.82) is 0 Å². The van der Waals surface area contributed by atoms with Crippen LogP contribution in [0.4, 0.5) is 29.3 Å². The highest BCUT2D eigenvalue weighted by Crippen LogP contribution is 2.31. The number of hydrogen-bond acceptors (Lipinski definition) is 3. The van der Waals surface area contributed by atoms with Gasteiger partial charge in [-0.1, -0.05) is 42.5 Å². The molecule has 2 amide bonds. The first-order valence-corrected chi connectivity index (χ1v) is 10.1. The average molecular weight is 454 g/mol. The van der Waals surface area contributed by atoms with Gasteiger partial charge in [-0.25, -0.2) is 9.48 Å². The van der Waals surface area contributed by atoms with Crippen LogP contribution in [0.2, 0.25) is 0 Å². The zero-order valence-electron chi connectivity index (χ0n) is 17.9. The number of ether oxygens (including phenoxy) is 1. The summed E-state index contributed by atoms with van der Waals surface area (Å²) < 4.78 is 45.7. The molecule has 6 nitrogen and oxygen atoms in total. The Hall–Kier alpha value is -4.01. The molecular weight excluding hydrogens is 433 g/mol. The van der Waals surface area contributed by atoms with Crippen LogP contribution in [-0.4, -0.2) is 15.8 Å². The Morgan fingerprint density at radius 3 is 2.52 bits per heavy atom. The van der Waals surface area contributed by atoms with Crippen molar-refractivity contribution in [3.63, 3.8) is 0 Å². The SMILES string of the molecule is Cc1nn(COc2cccc(C(F)(F)F)c2)c(C)c1NC(=O)Nc1cccc2ccccc12. The minimum atomic E-state index is -4.45. The second-order valence-electron chi connectivity index (χ2n) is 7.45. The van der Waals surface area contributed by atoms with E-state index >= 15 is 0 Å². The summed E-state index contributed by atoms with van der Waals surface area (Å²) in [6, 6.07) is 17.5. The van der Waals surface area contributed by atoms with Gasteiger partial charge in [0.2, 0.25) is 0 Å². The number of rotatable bonds is 5. The van der Waals surface area contributed by atoms with E-state index in [0.717, 1.165) is 22.9 Å². The normalized spacial score (nSPS) is 11.4. The smallest absolute Gasteiger partial charge is 0.416 e. The molecule has 4 rings (SSSR count). The van der Waals surface area contributed by atoms with Crippen LogP contribution >= 0.6 is 0 Å². The fourth-order valence-corrected chi connectivity index (χ4v) is 3.50. The fourth-order valence-electron chi connectivity index (χ4n) is 3.50. The third-order valence-corrected chi connectivity index (χ3v) is 5.17. The van der Waals surface area contributed by atoms with Gasteiger partial charge in [0.1, 0.15) is 5.75 Å². The highest BCUT2D eigenvalue weighted by atomic mass is 19.4. The third kappa shape index (κ3) is 4.92. The summed E-state index contributed by atoms with van der Waals surface area (Å²) in [5, 5.41) is 11.9. The topological polar surface area (TPSA) is 68.2 Å². The van der Waals surface area contributed by atoms with Gasteiger partial charge in [-0.2, -0.15) is 18.3 Å². The number of alkyl halides is 3. The molecule has 0 bridgehead atoms. The van der Waals surface area contributed by atoms with E-state index in [0.29, 0.717) is 22.8 Å². The molecule has 0 unspecified atom stereocenters. The number of carbonyl (C=O) groups excluding carboxylic acids is 1. The molecule has 9 heteroatoms. The minimum Gasteiger partial charge on any atom is -0.471 e. The number of aromatic nitrogens is 2. The molecule has 2 N–H and O–H groups in total. The highest BCUT2D eigenvalue weighted by molar-refractivity contribution is 6.06. The molecule has 0 spiro atoms. The number of carbonyl (C=O) groups is 1. The first-order valence-electron chi connectivity index (χ1n) is 10.1. The van der Waals surface area contributed by atoms with Crippen molar-refractivity contribution in [3.8, 4) is 5.75 Å². The number of anilines is 2. The number of hydrogen-bond donors (Lipinski definition) is 2. The Morgan fingerprint density at radius 2 is 1.73 bits per heavy atom. The number of nitrogens with zero attached hydrogens (tertiary/aromatic N) is 2. The molecule has 0 saturated heterocycles. The van der Waals surface area contributed by atoms with Crippen LogP contribution in [0, 0.1) is 13.8 Å². The minimum absolute atomic E-state index is 0.0700. The van der Waals surface area contributed by atoms with Crippen LogP contribution in [-0.2, 0) is 12.9 Å². The number of amides is 2. The van der Waals surface area contributed by atoms with E-state index in [1.54, 1.807) is 13.8 Å². The summed E-state index contributed by atoms with van der Waals surface area (Å²) in [5.41, 5.74) is 1.53. The Balaban J connectivity index is 1.46. The lowest BCUT2D eigenvalue weighted by Gasteiger charge is -2.12. The summed E-state index contributed by atoms with van der Waals surface area (Å²) >= 11 is 0. The van der Waals surface area contributed by atoms with Gasteiger partial charge in [-0.3, -0.25) is 0 Å². The zero-order chi connectivity index (χ0) is 23.6. The molecule has 0 aliphatic heterocycles. The molecule has 0 aliphatic rings. The van der Waals surface area contributed by atoms with Crippen molar-refractivity contribution < 1.29 is 22.7 Å². The molecule has 170 valence electrons. The predicted molar refractivity (Wildman–Crippen MR) is 120 cm³/mol. The summed E-state index contributed by atoms with van der Waals surface area (Å²) in [5.74, 6) is 0.0700. The van der Waals surface area contributed by atoms with Crippen molar-refractivity contribution in [2.45, 2.75) is 26.8 Å². The van der Waals surface area contributed by atoms with Crippen molar-refractivity contribution in [3.05, 3.63) is 83.7 Å². The Morgan fingerprint density at radius 1 is 1.00 bits per heavy atom. The maximum atomic E-state index is 12.9. The lowest BCUT2D eigenvalue weighted by molar-refractivity contribution is -0.137. The molecule has 0 radical (unpaired) electrons. The highest BCUT2D eigenvalue weighted by Gasteiger charge is 2.30. The number of nitrogens with one attached hydrogen (secondary N) is 2. The van der Waals surface area contributed by atoms with E-state index in [-0.39, 0.29) is 12.5 Å². The van der Waals surface area contributed by atoms with Crippen LogP contribution in [0.25, 0.3) is 10.8 Å². The van der Waals surface area contributed by atoms with Crippen molar-refractivity contribution >= 4 is 28.2 Å². The van der Waals surface area contributed by atoms with Crippen LogP contribution in [0.5, 0.6) is 5.75 Å². The molecule has 0 saturated carbocycles. The lowest BCUT2D eigenvalue weighted by atomic mass is 10.1. The average Bonchev–Trinajstić information content (AvgIpc) is 3.05. The molecule has 33 heavy (non-hydrogen) atoms. The van der Waals surface area contributed by atoms with Crippen molar-refractivity contribution in [1.82, 2.24) is 9.78 Å². The third-order valence-electron chi connectivity index (χ3n) is 5.17. The Labute approximate surface area is 188 Å². The molecule has 0 fully saturated rings. The van der Waals surface area contributed by atoms with Crippen LogP contribution in [0.1, 0.15) is 17.0 Å². The van der Waals surface area contributed by atoms with Gasteiger partial charge in [0.15, 0.2) is 6.73 Å². The van der Waals surface area contributed by atoms with Gasteiger partial charge < -0.3 is 15.4 Å². The second-order valence-corrected chi connectivity index (χ2v) is 7.45. The summed E-state index contributed by atoms with van der Waals surface area (Å²) in [4.78, 5) is 12.7. The van der Waals surface area contributed by atoms with Gasteiger partial charge in [-0.05, 0) is 43.5 Å². The molecule has 4 aromatic rings. The summed E-state index contributed by atoms with van der Waals surface area (Å²) in [6.07, 6.45) is -4.45. The van der Waals surface area contributed by atoms with Gasteiger partial charge in [0.25, 0.3) is 0 Å². The summed E-state index contributed by atoms with van der Waals surface area (Å²) in [7, 11) is 0. The van der Waals surface area contributed by atoms with Gasteiger partial charge in [0.05, 0.1) is 28.3 Å². The molecule has 0 atom stereocenters. The Kier molecular flexibility index (Phi) is 5.95. The van der Waals surface area contributed by atoms with E-state index in [4.69, 9.17) is 4.74 Å². The van der Waals surface area contributed by atoms with E-state index in [1.165, 1.54) is 16.8 Å². The molecule has 1 heterocycles. The first kappa shape index (κ1) is 22.2. The lowest BCUT2D eigenvalue weighted by Crippen LogP contribution is -2.20. The zero-order valence-corrected chi connectivity index (χ0v) is 17.9.